The van der Waals surface area contributed by atoms with Gasteiger partial charge in [-0.15, -0.1) is 11.3 Å². The smallest absolute Gasteiger partial charge is 0.340 e. The molecule has 0 aliphatic carbocycles. The SMILES string of the molecule is CCOC(=O)c1c(C)[nH]c(C(=O)[C@H](C)OC(=O)c2ccc3ncsc3c2)c1C. The molecule has 1 atom stereocenters. The topological polar surface area (TPSA) is 98.4 Å². The molecule has 28 heavy (non-hydrogen) atoms. The fraction of sp³-hybridized carbons (Fsp3) is 0.300. The van der Waals surface area contributed by atoms with Gasteiger partial charge in [-0.25, -0.2) is 14.6 Å². The molecule has 8 heteroatoms. The number of aromatic amines is 1. The van der Waals surface area contributed by atoms with Crippen LogP contribution in [0.4, 0.5) is 0 Å². The maximum absolute atomic E-state index is 12.8. The van der Waals surface area contributed by atoms with E-state index in [9.17, 15) is 14.4 Å². The van der Waals surface area contributed by atoms with Crippen LogP contribution in [0.25, 0.3) is 10.2 Å². The Bertz CT molecular complexity index is 1070. The number of esters is 2. The molecule has 0 fully saturated rings. The van der Waals surface area contributed by atoms with Crippen LogP contribution in [0.5, 0.6) is 0 Å². The molecule has 0 unspecified atom stereocenters. The molecule has 3 aromatic rings. The second-order valence-corrected chi connectivity index (χ2v) is 7.18. The number of thiazole rings is 1. The largest absolute Gasteiger partial charge is 0.462 e. The van der Waals surface area contributed by atoms with Gasteiger partial charge in [0.25, 0.3) is 0 Å². The summed E-state index contributed by atoms with van der Waals surface area (Å²) in [5, 5.41) is 0. The highest BCUT2D eigenvalue weighted by atomic mass is 32.1. The summed E-state index contributed by atoms with van der Waals surface area (Å²) in [7, 11) is 0. The van der Waals surface area contributed by atoms with Crippen molar-refractivity contribution in [1.29, 1.82) is 0 Å². The van der Waals surface area contributed by atoms with Crippen molar-refractivity contribution in [2.24, 2.45) is 0 Å². The lowest BCUT2D eigenvalue weighted by Crippen LogP contribution is -2.25. The van der Waals surface area contributed by atoms with Crippen LogP contribution in [0.2, 0.25) is 0 Å². The van der Waals surface area contributed by atoms with Crippen molar-refractivity contribution >= 4 is 39.3 Å². The van der Waals surface area contributed by atoms with Crippen LogP contribution < -0.4 is 0 Å². The third kappa shape index (κ3) is 3.68. The van der Waals surface area contributed by atoms with E-state index in [1.54, 1.807) is 44.5 Å². The molecule has 0 bridgehead atoms. The van der Waals surface area contributed by atoms with Gasteiger partial charge in [-0.3, -0.25) is 4.79 Å². The van der Waals surface area contributed by atoms with Gasteiger partial charge >= 0.3 is 11.9 Å². The second kappa shape index (κ2) is 7.93. The minimum atomic E-state index is -1.02. The van der Waals surface area contributed by atoms with E-state index in [2.05, 4.69) is 9.97 Å². The zero-order chi connectivity index (χ0) is 20.4. The van der Waals surface area contributed by atoms with Crippen LogP contribution in [0, 0.1) is 13.8 Å². The van der Waals surface area contributed by atoms with E-state index in [4.69, 9.17) is 9.47 Å². The quantitative estimate of drug-likeness (QED) is 0.498. The third-order valence-electron chi connectivity index (χ3n) is 4.38. The summed E-state index contributed by atoms with van der Waals surface area (Å²) in [6, 6.07) is 5.04. The Morgan fingerprint density at radius 3 is 2.68 bits per heavy atom. The van der Waals surface area contributed by atoms with Gasteiger partial charge in [-0.2, -0.15) is 0 Å². The molecule has 1 aromatic carbocycles. The summed E-state index contributed by atoms with van der Waals surface area (Å²) in [6.45, 7) is 6.81. The number of ketones is 1. The van der Waals surface area contributed by atoms with Crippen LogP contribution in [-0.4, -0.2) is 40.4 Å². The zero-order valence-corrected chi connectivity index (χ0v) is 16.8. The molecule has 2 heterocycles. The van der Waals surface area contributed by atoms with Gasteiger partial charge in [0.15, 0.2) is 6.10 Å². The van der Waals surface area contributed by atoms with Crippen LogP contribution in [0.15, 0.2) is 23.7 Å². The molecule has 2 aromatic heterocycles. The molecule has 0 saturated heterocycles. The average Bonchev–Trinajstić information content (AvgIpc) is 3.24. The first kappa shape index (κ1) is 19.8. The maximum atomic E-state index is 12.8. The van der Waals surface area contributed by atoms with E-state index in [-0.39, 0.29) is 12.3 Å². The number of H-pyrrole nitrogens is 1. The molecule has 7 nitrogen and oxygen atoms in total. The van der Waals surface area contributed by atoms with Gasteiger partial charge in [0, 0.05) is 5.69 Å². The molecular formula is C20H20N2O5S. The predicted molar refractivity (Wildman–Crippen MR) is 105 cm³/mol. The van der Waals surface area contributed by atoms with Crippen molar-refractivity contribution in [2.75, 3.05) is 6.61 Å². The predicted octanol–water partition coefficient (Wildman–Crippen LogP) is 3.85. The third-order valence-corrected chi connectivity index (χ3v) is 5.18. The normalized spacial score (nSPS) is 12.0. The number of nitrogens with one attached hydrogen (secondary N) is 1. The Balaban J connectivity index is 1.78. The number of benzene rings is 1. The highest BCUT2D eigenvalue weighted by Gasteiger charge is 2.27. The highest BCUT2D eigenvalue weighted by Crippen LogP contribution is 2.22. The summed E-state index contributed by atoms with van der Waals surface area (Å²) >= 11 is 1.42. The van der Waals surface area contributed by atoms with Crippen LogP contribution in [0.1, 0.15) is 56.3 Å². The highest BCUT2D eigenvalue weighted by molar-refractivity contribution is 7.16. The number of carbonyl (C=O) groups excluding carboxylic acids is 3. The Hall–Kier alpha value is -3.00. The Kier molecular flexibility index (Phi) is 5.60. The van der Waals surface area contributed by atoms with Gasteiger partial charge in [0.1, 0.15) is 0 Å². The maximum Gasteiger partial charge on any atom is 0.340 e. The summed E-state index contributed by atoms with van der Waals surface area (Å²) in [4.78, 5) is 44.4. The van der Waals surface area contributed by atoms with Crippen molar-refractivity contribution in [2.45, 2.75) is 33.8 Å². The first-order chi connectivity index (χ1) is 13.3. The molecule has 0 saturated carbocycles. The lowest BCUT2D eigenvalue weighted by atomic mass is 10.1. The number of hydrogen-bond donors (Lipinski definition) is 1. The van der Waals surface area contributed by atoms with Crippen molar-refractivity contribution in [3.05, 3.63) is 51.8 Å². The molecule has 1 N–H and O–H groups in total. The summed E-state index contributed by atoms with van der Waals surface area (Å²) in [5.74, 6) is -1.50. The van der Waals surface area contributed by atoms with E-state index in [0.717, 1.165) is 10.2 Å². The molecular weight excluding hydrogens is 380 g/mol. The Labute approximate surface area is 165 Å². The van der Waals surface area contributed by atoms with E-state index in [0.29, 0.717) is 22.4 Å². The lowest BCUT2D eigenvalue weighted by molar-refractivity contribution is 0.0317. The average molecular weight is 400 g/mol. The second-order valence-electron chi connectivity index (χ2n) is 6.29. The molecule has 0 spiro atoms. The standard InChI is InChI=1S/C20H20N2O5S/c1-5-26-20(25)16-10(2)17(22-11(16)3)18(23)12(4)27-19(24)13-6-7-14-15(8-13)28-9-21-14/h6-9,12,22H,5H2,1-4H3/t12-/m0/s1. The number of aryl methyl sites for hydroxylation is 1. The monoisotopic (exact) mass is 400 g/mol. The minimum absolute atomic E-state index is 0.235. The Morgan fingerprint density at radius 1 is 1.21 bits per heavy atom. The molecule has 0 amide bonds. The Morgan fingerprint density at radius 2 is 1.96 bits per heavy atom. The van der Waals surface area contributed by atoms with Gasteiger partial charge in [-0.1, -0.05) is 0 Å². The van der Waals surface area contributed by atoms with Gasteiger partial charge in [0.05, 0.1) is 39.2 Å². The van der Waals surface area contributed by atoms with Crippen LogP contribution in [0.3, 0.4) is 0 Å². The molecule has 3 rings (SSSR count). The number of nitrogens with zero attached hydrogens (tertiary/aromatic N) is 1. The fourth-order valence-corrected chi connectivity index (χ4v) is 3.69. The van der Waals surface area contributed by atoms with E-state index < -0.39 is 23.8 Å². The minimum Gasteiger partial charge on any atom is -0.462 e. The van der Waals surface area contributed by atoms with Crippen LogP contribution in [-0.2, 0) is 9.47 Å². The molecule has 146 valence electrons. The molecule has 0 radical (unpaired) electrons. The van der Waals surface area contributed by atoms with Gasteiger partial charge < -0.3 is 14.5 Å². The fourth-order valence-electron chi connectivity index (χ4n) is 2.97. The number of rotatable bonds is 6. The van der Waals surface area contributed by atoms with E-state index >= 15 is 0 Å². The summed E-state index contributed by atoms with van der Waals surface area (Å²) < 4.78 is 11.2. The summed E-state index contributed by atoms with van der Waals surface area (Å²) in [5.41, 5.74) is 4.43. The van der Waals surface area contributed by atoms with Crippen molar-refractivity contribution < 1.29 is 23.9 Å². The number of carbonyl (C=O) groups is 3. The number of ether oxygens (including phenoxy) is 2. The van der Waals surface area contributed by atoms with E-state index in [1.807, 2.05) is 0 Å². The van der Waals surface area contributed by atoms with Crippen molar-refractivity contribution in [1.82, 2.24) is 9.97 Å². The molecule has 0 aliphatic rings. The number of aromatic nitrogens is 2. The van der Waals surface area contributed by atoms with E-state index in [1.165, 1.54) is 18.3 Å². The van der Waals surface area contributed by atoms with Crippen molar-refractivity contribution in [3.63, 3.8) is 0 Å². The first-order valence-corrected chi connectivity index (χ1v) is 9.66. The van der Waals surface area contributed by atoms with Gasteiger partial charge in [0.2, 0.25) is 5.78 Å². The van der Waals surface area contributed by atoms with Gasteiger partial charge in [-0.05, 0) is 51.5 Å². The zero-order valence-electron chi connectivity index (χ0n) is 16.0. The summed E-state index contributed by atoms with van der Waals surface area (Å²) in [6.07, 6.45) is -1.02. The number of Topliss-reactive ketones (excluding diaryl/α,β-unsaturated/α-hetero) is 1. The van der Waals surface area contributed by atoms with Crippen LogP contribution >= 0.6 is 11.3 Å². The van der Waals surface area contributed by atoms with Crippen molar-refractivity contribution in [3.8, 4) is 0 Å². The number of fused-ring (bicyclic) bond motifs is 1. The first-order valence-electron chi connectivity index (χ1n) is 8.78. The lowest BCUT2D eigenvalue weighted by Gasteiger charge is -2.12. The molecule has 0 aliphatic heterocycles. The number of hydrogen-bond acceptors (Lipinski definition) is 7.